The van der Waals surface area contributed by atoms with Gasteiger partial charge in [0, 0.05) is 6.04 Å². The molecule has 1 N–H and O–H groups in total. The van der Waals surface area contributed by atoms with Crippen LogP contribution in [0.5, 0.6) is 0 Å². The lowest BCUT2D eigenvalue weighted by atomic mass is 10.1. The van der Waals surface area contributed by atoms with Crippen molar-refractivity contribution in [3.63, 3.8) is 0 Å². The van der Waals surface area contributed by atoms with Crippen molar-refractivity contribution in [2.45, 2.75) is 44.4 Å². The van der Waals surface area contributed by atoms with E-state index >= 15 is 0 Å². The van der Waals surface area contributed by atoms with Gasteiger partial charge in [-0.3, -0.25) is 0 Å². The van der Waals surface area contributed by atoms with Crippen LogP contribution in [0.2, 0.25) is 0 Å². The van der Waals surface area contributed by atoms with E-state index in [2.05, 4.69) is 60.2 Å². The topological polar surface area (TPSA) is 55.6 Å². The summed E-state index contributed by atoms with van der Waals surface area (Å²) in [5.74, 6) is 0.830. The highest BCUT2D eigenvalue weighted by Gasteiger charge is 2.21. The first-order valence-electron chi connectivity index (χ1n) is 8.02. The summed E-state index contributed by atoms with van der Waals surface area (Å²) in [4.78, 5) is 9.34. The molecule has 1 atom stereocenters. The van der Waals surface area contributed by atoms with Crippen molar-refractivity contribution in [3.8, 4) is 0 Å². The lowest BCUT2D eigenvalue weighted by molar-refractivity contribution is 0.365. The molecule has 2 aromatic heterocycles. The summed E-state index contributed by atoms with van der Waals surface area (Å²) in [5.41, 5.74) is 1.96. The van der Waals surface area contributed by atoms with E-state index < -0.39 is 0 Å². The molecular weight excluding hydrogens is 318 g/mol. The number of rotatable bonds is 4. The Labute approximate surface area is 146 Å². The number of thioether (sulfide) groups is 1. The monoisotopic (exact) mass is 341 g/mol. The average Bonchev–Trinajstić information content (AvgIpc) is 3.00. The third kappa shape index (κ3) is 3.24. The number of nitrogens with one attached hydrogen (secondary N) is 1. The molecule has 0 unspecified atom stereocenters. The zero-order valence-corrected chi connectivity index (χ0v) is 15.6. The lowest BCUT2D eigenvalue weighted by Gasteiger charge is -2.20. The summed E-state index contributed by atoms with van der Waals surface area (Å²) in [6, 6.07) is 10.5. The zero-order valence-electron chi connectivity index (χ0n) is 14.7. The van der Waals surface area contributed by atoms with Crippen LogP contribution in [0, 0.1) is 0 Å². The molecule has 0 bridgehead atoms. The van der Waals surface area contributed by atoms with Crippen LogP contribution >= 0.6 is 11.8 Å². The molecule has 0 aliphatic carbocycles. The first-order chi connectivity index (χ1) is 11.4. The minimum Gasteiger partial charge on any atom is -0.363 e. The SMILES string of the molecule is CSc1nc(N[C@H](C)c2ccccc2)c2cnn(C(C)(C)C)c2n1. The van der Waals surface area contributed by atoms with Crippen molar-refractivity contribution in [1.82, 2.24) is 19.7 Å². The predicted molar refractivity (Wildman–Crippen MR) is 101 cm³/mol. The molecule has 6 heteroatoms. The van der Waals surface area contributed by atoms with Crippen molar-refractivity contribution in [2.75, 3.05) is 11.6 Å². The molecule has 0 amide bonds. The third-order valence-electron chi connectivity index (χ3n) is 3.88. The molecular formula is C18H23N5S. The van der Waals surface area contributed by atoms with E-state index in [1.54, 1.807) is 11.8 Å². The molecule has 3 rings (SSSR count). The smallest absolute Gasteiger partial charge is 0.191 e. The van der Waals surface area contributed by atoms with Gasteiger partial charge >= 0.3 is 0 Å². The van der Waals surface area contributed by atoms with E-state index in [1.807, 2.05) is 35.3 Å². The van der Waals surface area contributed by atoms with Gasteiger partial charge in [0.25, 0.3) is 0 Å². The van der Waals surface area contributed by atoms with Gasteiger partial charge in [0.15, 0.2) is 10.8 Å². The summed E-state index contributed by atoms with van der Waals surface area (Å²) < 4.78 is 1.96. The minimum atomic E-state index is -0.131. The fourth-order valence-corrected chi connectivity index (χ4v) is 2.97. The molecule has 3 aromatic rings. The number of hydrogen-bond donors (Lipinski definition) is 1. The summed E-state index contributed by atoms with van der Waals surface area (Å²) in [6.07, 6.45) is 3.84. The average molecular weight is 341 g/mol. The summed E-state index contributed by atoms with van der Waals surface area (Å²) in [6.45, 7) is 8.51. The van der Waals surface area contributed by atoms with Gasteiger partial charge in [0.2, 0.25) is 0 Å². The Bertz CT molecular complexity index is 836. The quantitative estimate of drug-likeness (QED) is 0.560. The maximum absolute atomic E-state index is 4.67. The standard InChI is InChI=1S/C18H23N5S/c1-12(13-9-7-6-8-10-13)20-15-14-11-19-23(18(2,3)4)16(14)22-17(21-15)24-5/h6-12H,1-5H3,(H,20,21,22)/t12-/m1/s1. The van der Waals surface area contributed by atoms with E-state index in [0.29, 0.717) is 0 Å². The van der Waals surface area contributed by atoms with Gasteiger partial charge in [-0.1, -0.05) is 42.1 Å². The van der Waals surface area contributed by atoms with Crippen LogP contribution in [0.1, 0.15) is 39.3 Å². The molecule has 2 heterocycles. The van der Waals surface area contributed by atoms with Gasteiger partial charge in [-0.25, -0.2) is 14.6 Å². The number of hydrogen-bond acceptors (Lipinski definition) is 5. The Morgan fingerprint density at radius 2 is 1.83 bits per heavy atom. The summed E-state index contributed by atoms with van der Waals surface area (Å²) in [7, 11) is 0. The first kappa shape index (κ1) is 16.8. The van der Waals surface area contributed by atoms with Crippen LogP contribution in [0.4, 0.5) is 5.82 Å². The van der Waals surface area contributed by atoms with Crippen LogP contribution in [-0.4, -0.2) is 26.0 Å². The Hall–Kier alpha value is -2.08. The highest BCUT2D eigenvalue weighted by Crippen LogP contribution is 2.29. The van der Waals surface area contributed by atoms with Crippen molar-refractivity contribution in [3.05, 3.63) is 42.1 Å². The number of anilines is 1. The molecule has 24 heavy (non-hydrogen) atoms. The second-order valence-electron chi connectivity index (χ2n) is 6.80. The molecule has 0 saturated heterocycles. The number of nitrogens with zero attached hydrogens (tertiary/aromatic N) is 4. The van der Waals surface area contributed by atoms with E-state index in [0.717, 1.165) is 22.0 Å². The van der Waals surface area contributed by atoms with Gasteiger partial charge in [-0.05, 0) is 39.5 Å². The molecule has 0 fully saturated rings. The zero-order chi connectivity index (χ0) is 17.3. The van der Waals surface area contributed by atoms with Gasteiger partial charge in [0.05, 0.1) is 17.1 Å². The normalized spacial score (nSPS) is 13.2. The van der Waals surface area contributed by atoms with Crippen LogP contribution in [-0.2, 0) is 5.54 Å². The molecule has 0 spiro atoms. The Balaban J connectivity index is 2.06. The molecule has 0 radical (unpaired) electrons. The van der Waals surface area contributed by atoms with Crippen LogP contribution in [0.15, 0.2) is 41.7 Å². The first-order valence-corrected chi connectivity index (χ1v) is 9.24. The van der Waals surface area contributed by atoms with Gasteiger partial charge < -0.3 is 5.32 Å². The predicted octanol–water partition coefficient (Wildman–Crippen LogP) is 4.48. The van der Waals surface area contributed by atoms with Gasteiger partial charge in [-0.15, -0.1) is 0 Å². The van der Waals surface area contributed by atoms with Crippen molar-refractivity contribution in [1.29, 1.82) is 0 Å². The maximum Gasteiger partial charge on any atom is 0.191 e. The Morgan fingerprint density at radius 3 is 2.46 bits per heavy atom. The van der Waals surface area contributed by atoms with Gasteiger partial charge in [0.1, 0.15) is 5.82 Å². The fourth-order valence-electron chi connectivity index (χ4n) is 2.61. The van der Waals surface area contributed by atoms with Crippen molar-refractivity contribution < 1.29 is 0 Å². The second-order valence-corrected chi connectivity index (χ2v) is 7.57. The van der Waals surface area contributed by atoms with Crippen molar-refractivity contribution >= 4 is 28.6 Å². The summed E-state index contributed by atoms with van der Waals surface area (Å²) in [5, 5.41) is 9.77. The Kier molecular flexibility index (Phi) is 4.49. The molecule has 0 aliphatic rings. The molecule has 5 nitrogen and oxygen atoms in total. The second kappa shape index (κ2) is 6.43. The van der Waals surface area contributed by atoms with Gasteiger partial charge in [-0.2, -0.15) is 5.10 Å². The number of fused-ring (bicyclic) bond motifs is 1. The third-order valence-corrected chi connectivity index (χ3v) is 4.43. The lowest BCUT2D eigenvalue weighted by Crippen LogP contribution is -2.23. The molecule has 126 valence electrons. The van der Waals surface area contributed by atoms with E-state index in [9.17, 15) is 0 Å². The van der Waals surface area contributed by atoms with Crippen LogP contribution in [0.25, 0.3) is 11.0 Å². The highest BCUT2D eigenvalue weighted by atomic mass is 32.2. The molecule has 1 aromatic carbocycles. The number of benzene rings is 1. The molecule has 0 saturated carbocycles. The largest absolute Gasteiger partial charge is 0.363 e. The number of aromatic nitrogens is 4. The maximum atomic E-state index is 4.67. The highest BCUT2D eigenvalue weighted by molar-refractivity contribution is 7.98. The van der Waals surface area contributed by atoms with Crippen LogP contribution in [0.3, 0.4) is 0 Å². The summed E-state index contributed by atoms with van der Waals surface area (Å²) >= 11 is 1.54. The van der Waals surface area contributed by atoms with E-state index in [-0.39, 0.29) is 11.6 Å². The minimum absolute atomic E-state index is 0.131. The van der Waals surface area contributed by atoms with Crippen molar-refractivity contribution in [2.24, 2.45) is 0 Å². The molecule has 0 aliphatic heterocycles. The Morgan fingerprint density at radius 1 is 1.12 bits per heavy atom. The fraction of sp³-hybridized carbons (Fsp3) is 0.389. The van der Waals surface area contributed by atoms with E-state index in [1.165, 1.54) is 5.56 Å². The van der Waals surface area contributed by atoms with Crippen LogP contribution < -0.4 is 5.32 Å². The van der Waals surface area contributed by atoms with E-state index in [4.69, 9.17) is 0 Å².